The van der Waals surface area contributed by atoms with Gasteiger partial charge in [-0.2, -0.15) is 0 Å². The van der Waals surface area contributed by atoms with Crippen LogP contribution in [0.5, 0.6) is 0 Å². The molecule has 0 spiro atoms. The van der Waals surface area contributed by atoms with Crippen LogP contribution >= 0.6 is 0 Å². The highest BCUT2D eigenvalue weighted by molar-refractivity contribution is 4.82. The van der Waals surface area contributed by atoms with Crippen molar-refractivity contribution < 1.29 is 0 Å². The van der Waals surface area contributed by atoms with E-state index in [1.165, 1.54) is 212 Å². The molecule has 0 atom stereocenters. The van der Waals surface area contributed by atoms with E-state index in [4.69, 9.17) is 0 Å². The zero-order valence-electron chi connectivity index (χ0n) is 28.1. The van der Waals surface area contributed by atoms with E-state index in [-0.39, 0.29) is 0 Å². The van der Waals surface area contributed by atoms with Gasteiger partial charge in [0.2, 0.25) is 0 Å². The SMILES string of the molecule is CCCCCCCC/C=C\CCCCCCCCCCCNCCCCCCCC/C=C\CCCCCCCC. The first kappa shape index (κ1) is 39.4. The molecule has 0 aromatic rings. The molecule has 0 aromatic heterocycles. The fourth-order valence-corrected chi connectivity index (χ4v) is 5.65. The van der Waals surface area contributed by atoms with E-state index in [1.807, 2.05) is 0 Å². The third-order valence-electron chi connectivity index (χ3n) is 8.48. The zero-order valence-corrected chi connectivity index (χ0v) is 28.1. The molecule has 0 heterocycles. The van der Waals surface area contributed by atoms with Gasteiger partial charge in [0.05, 0.1) is 0 Å². The van der Waals surface area contributed by atoms with Crippen LogP contribution < -0.4 is 5.32 Å². The molecule has 1 nitrogen and oxygen atoms in total. The second-order valence-electron chi connectivity index (χ2n) is 12.7. The highest BCUT2D eigenvalue weighted by Gasteiger charge is 1.95. The Morgan fingerprint density at radius 3 is 0.775 bits per heavy atom. The molecule has 0 aliphatic heterocycles. The molecule has 0 aliphatic carbocycles. The summed E-state index contributed by atoms with van der Waals surface area (Å²) in [6, 6.07) is 0. The largest absolute Gasteiger partial charge is 0.317 e. The molecule has 0 aliphatic rings. The minimum atomic E-state index is 1.23. The monoisotopic (exact) mass is 560 g/mol. The average molecular weight is 560 g/mol. The molecule has 0 bridgehead atoms. The average Bonchev–Trinajstić information content (AvgIpc) is 2.97. The number of unbranched alkanes of at least 4 members (excludes halogenated alkanes) is 27. The number of rotatable bonds is 35. The smallest absolute Gasteiger partial charge is 0.00489 e. The van der Waals surface area contributed by atoms with E-state index in [0.29, 0.717) is 0 Å². The lowest BCUT2D eigenvalue weighted by atomic mass is 10.1. The Kier molecular flexibility index (Phi) is 37.9. The molecule has 1 N–H and O–H groups in total. The van der Waals surface area contributed by atoms with Gasteiger partial charge in [-0.05, 0) is 77.3 Å². The first-order chi connectivity index (χ1) is 19.9. The molecular formula is C39H77N. The van der Waals surface area contributed by atoms with E-state index in [9.17, 15) is 0 Å². The maximum absolute atomic E-state index is 3.68. The highest BCUT2D eigenvalue weighted by atomic mass is 14.8. The summed E-state index contributed by atoms with van der Waals surface area (Å²) in [6.45, 7) is 7.06. The van der Waals surface area contributed by atoms with Crippen molar-refractivity contribution in [2.75, 3.05) is 13.1 Å². The normalized spacial score (nSPS) is 11.9. The van der Waals surface area contributed by atoms with Crippen LogP contribution in [0.4, 0.5) is 0 Å². The molecule has 40 heavy (non-hydrogen) atoms. The van der Waals surface area contributed by atoms with E-state index in [2.05, 4.69) is 43.5 Å². The number of hydrogen-bond donors (Lipinski definition) is 1. The van der Waals surface area contributed by atoms with Crippen molar-refractivity contribution >= 4 is 0 Å². The number of hydrogen-bond acceptors (Lipinski definition) is 1. The van der Waals surface area contributed by atoms with Gasteiger partial charge in [-0.3, -0.25) is 0 Å². The van der Waals surface area contributed by atoms with Gasteiger partial charge >= 0.3 is 0 Å². The summed E-state index contributed by atoms with van der Waals surface area (Å²) in [5, 5.41) is 3.68. The van der Waals surface area contributed by atoms with Crippen LogP contribution in [0.1, 0.15) is 213 Å². The fourth-order valence-electron chi connectivity index (χ4n) is 5.65. The second-order valence-corrected chi connectivity index (χ2v) is 12.7. The van der Waals surface area contributed by atoms with Gasteiger partial charge in [0.25, 0.3) is 0 Å². The van der Waals surface area contributed by atoms with Gasteiger partial charge < -0.3 is 5.32 Å². The minimum Gasteiger partial charge on any atom is -0.317 e. The van der Waals surface area contributed by atoms with Crippen LogP contribution in [0.2, 0.25) is 0 Å². The maximum atomic E-state index is 3.68. The lowest BCUT2D eigenvalue weighted by Gasteiger charge is -2.05. The topological polar surface area (TPSA) is 12.0 Å². The maximum Gasteiger partial charge on any atom is -0.00489 e. The Bertz CT molecular complexity index is 435. The third-order valence-corrected chi connectivity index (χ3v) is 8.48. The van der Waals surface area contributed by atoms with Crippen molar-refractivity contribution in [1.29, 1.82) is 0 Å². The molecule has 0 radical (unpaired) electrons. The van der Waals surface area contributed by atoms with Gasteiger partial charge in [0.15, 0.2) is 0 Å². The first-order valence-electron chi connectivity index (χ1n) is 18.9. The lowest BCUT2D eigenvalue weighted by Crippen LogP contribution is -2.16. The Morgan fingerprint density at radius 1 is 0.275 bits per heavy atom. The van der Waals surface area contributed by atoms with Gasteiger partial charge in [0.1, 0.15) is 0 Å². The predicted molar refractivity (Wildman–Crippen MR) is 186 cm³/mol. The number of nitrogens with one attached hydrogen (secondary N) is 1. The molecule has 0 aromatic carbocycles. The van der Waals surface area contributed by atoms with Crippen molar-refractivity contribution in [1.82, 2.24) is 5.32 Å². The third kappa shape index (κ3) is 37.4. The standard InChI is InChI=1S/C39H77N/c1-3-5-7-9-11-13-15-17-19-21-22-23-25-27-29-31-33-35-37-39-40-38-36-34-32-30-28-26-24-20-18-16-14-12-10-8-6-4-2/h17-20,40H,3-16,21-39H2,1-2H3/b19-17-,20-18-. The molecule has 1 heteroatoms. The summed E-state index contributed by atoms with van der Waals surface area (Å²) in [7, 11) is 0. The van der Waals surface area contributed by atoms with Gasteiger partial charge in [-0.15, -0.1) is 0 Å². The molecule has 0 unspecified atom stereocenters. The summed E-state index contributed by atoms with van der Waals surface area (Å²) in [4.78, 5) is 0. The van der Waals surface area contributed by atoms with Crippen molar-refractivity contribution in [3.8, 4) is 0 Å². The Hall–Kier alpha value is -0.560. The molecule has 0 fully saturated rings. The summed E-state index contributed by atoms with van der Waals surface area (Å²) >= 11 is 0. The van der Waals surface area contributed by atoms with E-state index in [1.54, 1.807) is 0 Å². The summed E-state index contributed by atoms with van der Waals surface area (Å²) in [6.07, 6.45) is 53.3. The predicted octanol–water partition coefficient (Wildman–Crippen LogP) is 13.8. The molecular weight excluding hydrogens is 482 g/mol. The van der Waals surface area contributed by atoms with Gasteiger partial charge in [0, 0.05) is 0 Å². The molecule has 0 amide bonds. The van der Waals surface area contributed by atoms with Crippen LogP contribution in [0.25, 0.3) is 0 Å². The Morgan fingerprint density at radius 2 is 0.500 bits per heavy atom. The second kappa shape index (κ2) is 38.4. The van der Waals surface area contributed by atoms with Crippen LogP contribution in [0, 0.1) is 0 Å². The number of allylic oxidation sites excluding steroid dienone is 4. The lowest BCUT2D eigenvalue weighted by molar-refractivity contribution is 0.531. The van der Waals surface area contributed by atoms with Gasteiger partial charge in [-0.25, -0.2) is 0 Å². The van der Waals surface area contributed by atoms with E-state index >= 15 is 0 Å². The van der Waals surface area contributed by atoms with Crippen LogP contribution in [-0.4, -0.2) is 13.1 Å². The Balaban J connectivity index is 3.09. The highest BCUT2D eigenvalue weighted by Crippen LogP contribution is 2.12. The van der Waals surface area contributed by atoms with Crippen molar-refractivity contribution in [3.63, 3.8) is 0 Å². The van der Waals surface area contributed by atoms with Gasteiger partial charge in [-0.1, -0.05) is 173 Å². The Labute approximate surface area is 255 Å². The molecule has 238 valence electrons. The summed E-state index contributed by atoms with van der Waals surface area (Å²) in [5.74, 6) is 0. The zero-order chi connectivity index (χ0) is 28.9. The molecule has 0 rings (SSSR count). The van der Waals surface area contributed by atoms with Crippen molar-refractivity contribution in [2.24, 2.45) is 0 Å². The summed E-state index contributed by atoms with van der Waals surface area (Å²) in [5.41, 5.74) is 0. The molecule has 0 saturated heterocycles. The van der Waals surface area contributed by atoms with Crippen molar-refractivity contribution in [2.45, 2.75) is 213 Å². The van der Waals surface area contributed by atoms with E-state index < -0.39 is 0 Å². The fraction of sp³-hybridized carbons (Fsp3) is 0.897. The quantitative estimate of drug-likeness (QED) is 0.0601. The van der Waals surface area contributed by atoms with E-state index in [0.717, 1.165) is 0 Å². The molecule has 0 saturated carbocycles. The first-order valence-corrected chi connectivity index (χ1v) is 18.9. The summed E-state index contributed by atoms with van der Waals surface area (Å²) < 4.78 is 0. The van der Waals surface area contributed by atoms with Crippen LogP contribution in [0.15, 0.2) is 24.3 Å². The van der Waals surface area contributed by atoms with Crippen LogP contribution in [-0.2, 0) is 0 Å². The van der Waals surface area contributed by atoms with Crippen molar-refractivity contribution in [3.05, 3.63) is 24.3 Å². The van der Waals surface area contributed by atoms with Crippen LogP contribution in [0.3, 0.4) is 0 Å². The minimum absolute atomic E-state index is 1.23.